The van der Waals surface area contributed by atoms with E-state index < -0.39 is 0 Å². The van der Waals surface area contributed by atoms with Gasteiger partial charge >= 0.3 is 0 Å². The van der Waals surface area contributed by atoms with Gasteiger partial charge in [0.25, 0.3) is 0 Å². The van der Waals surface area contributed by atoms with E-state index in [1.807, 2.05) is 11.9 Å². The minimum Gasteiger partial charge on any atom is -0.378 e. The summed E-state index contributed by atoms with van der Waals surface area (Å²) in [7, 11) is 1.87. The Labute approximate surface area is 176 Å². The normalized spacial score (nSPS) is 23.4. The molecule has 8 heteroatoms. The molecule has 1 N–H and O–H groups in total. The third-order valence-electron chi connectivity index (χ3n) is 6.60. The zero-order chi connectivity index (χ0) is 20.5. The first kappa shape index (κ1) is 22.3. The van der Waals surface area contributed by atoms with Crippen molar-refractivity contribution in [3.05, 3.63) is 0 Å². The second-order valence-corrected chi connectivity index (χ2v) is 8.40. The van der Waals surface area contributed by atoms with E-state index in [-0.39, 0.29) is 5.91 Å². The first-order valence-corrected chi connectivity index (χ1v) is 11.5. The Hall–Kier alpha value is -1.38. The molecule has 3 saturated heterocycles. The number of ether oxygens (including phenoxy) is 1. The molecule has 8 nitrogen and oxygen atoms in total. The number of piperidine rings is 1. The van der Waals surface area contributed by atoms with Gasteiger partial charge in [0.15, 0.2) is 5.96 Å². The van der Waals surface area contributed by atoms with Crippen LogP contribution in [0.25, 0.3) is 0 Å². The largest absolute Gasteiger partial charge is 0.378 e. The number of hydrogen-bond donors (Lipinski definition) is 1. The molecule has 0 saturated carbocycles. The van der Waals surface area contributed by atoms with Crippen molar-refractivity contribution in [1.29, 1.82) is 0 Å². The molecule has 0 radical (unpaired) electrons. The Kier molecular flexibility index (Phi) is 9.01. The van der Waals surface area contributed by atoms with Crippen LogP contribution in [0.15, 0.2) is 4.99 Å². The highest BCUT2D eigenvalue weighted by Gasteiger charge is 2.24. The van der Waals surface area contributed by atoms with E-state index in [4.69, 9.17) is 4.74 Å². The topological polar surface area (TPSA) is 63.7 Å². The smallest absolute Gasteiger partial charge is 0.236 e. The van der Waals surface area contributed by atoms with Crippen molar-refractivity contribution in [1.82, 2.24) is 24.9 Å². The minimum absolute atomic E-state index is 0.235. The van der Waals surface area contributed by atoms with Gasteiger partial charge in [-0.3, -0.25) is 14.7 Å². The van der Waals surface area contributed by atoms with Gasteiger partial charge in [-0.2, -0.15) is 0 Å². The number of morpholine rings is 1. The molecule has 3 fully saturated rings. The number of rotatable bonds is 6. The van der Waals surface area contributed by atoms with Gasteiger partial charge in [0.05, 0.1) is 19.8 Å². The summed E-state index contributed by atoms with van der Waals surface area (Å²) in [5.74, 6) is 2.08. The van der Waals surface area contributed by atoms with E-state index >= 15 is 0 Å². The molecule has 166 valence electrons. The molecule has 0 aromatic heterocycles. The standard InChI is InChI=1S/C21H40N6O2/c1-3-24-8-5-19(6-9-24)4-7-23-21(22-2)27-12-10-25(11-13-27)18-20(28)26-14-16-29-17-15-26/h19H,3-18H2,1-2H3,(H,22,23). The van der Waals surface area contributed by atoms with Crippen LogP contribution >= 0.6 is 0 Å². The Morgan fingerprint density at radius 2 is 1.66 bits per heavy atom. The monoisotopic (exact) mass is 408 g/mol. The maximum absolute atomic E-state index is 12.4. The Balaban J connectivity index is 1.32. The number of aliphatic imine (C=N–C) groups is 1. The SMILES string of the molecule is CCN1CCC(CCNC(=NC)N2CCN(CC(=O)N3CCOCC3)CC2)CC1. The van der Waals surface area contributed by atoms with Crippen LogP contribution in [0.2, 0.25) is 0 Å². The molecule has 0 unspecified atom stereocenters. The minimum atomic E-state index is 0.235. The van der Waals surface area contributed by atoms with Crippen molar-refractivity contribution in [3.8, 4) is 0 Å². The van der Waals surface area contributed by atoms with Gasteiger partial charge < -0.3 is 24.8 Å². The van der Waals surface area contributed by atoms with Crippen molar-refractivity contribution >= 4 is 11.9 Å². The molecule has 3 aliphatic rings. The van der Waals surface area contributed by atoms with Crippen molar-refractivity contribution < 1.29 is 9.53 Å². The van der Waals surface area contributed by atoms with Crippen LogP contribution in [0.3, 0.4) is 0 Å². The number of amides is 1. The maximum atomic E-state index is 12.4. The molecular formula is C21H40N6O2. The van der Waals surface area contributed by atoms with Crippen LogP contribution in [0.5, 0.6) is 0 Å². The summed E-state index contributed by atoms with van der Waals surface area (Å²) in [6.07, 6.45) is 3.87. The third kappa shape index (κ3) is 6.83. The fourth-order valence-corrected chi connectivity index (χ4v) is 4.53. The lowest BCUT2D eigenvalue weighted by molar-refractivity contribution is -0.136. The first-order chi connectivity index (χ1) is 14.2. The quantitative estimate of drug-likeness (QED) is 0.499. The van der Waals surface area contributed by atoms with Gasteiger partial charge in [-0.25, -0.2) is 0 Å². The van der Waals surface area contributed by atoms with Crippen LogP contribution in [0.1, 0.15) is 26.2 Å². The molecule has 0 bridgehead atoms. The van der Waals surface area contributed by atoms with Crippen LogP contribution in [-0.2, 0) is 9.53 Å². The van der Waals surface area contributed by atoms with Gasteiger partial charge in [-0.05, 0) is 44.8 Å². The molecule has 0 aromatic carbocycles. The molecule has 29 heavy (non-hydrogen) atoms. The molecule has 3 heterocycles. The lowest BCUT2D eigenvalue weighted by Crippen LogP contribution is -2.55. The van der Waals surface area contributed by atoms with Crippen LogP contribution in [0.4, 0.5) is 0 Å². The summed E-state index contributed by atoms with van der Waals surface area (Å²) >= 11 is 0. The summed E-state index contributed by atoms with van der Waals surface area (Å²) in [6.45, 7) is 13.9. The Bertz CT molecular complexity index is 521. The molecular weight excluding hydrogens is 368 g/mol. The number of carbonyl (C=O) groups is 1. The van der Waals surface area contributed by atoms with E-state index in [2.05, 4.69) is 31.9 Å². The number of likely N-dealkylation sites (tertiary alicyclic amines) is 1. The predicted molar refractivity (Wildman–Crippen MR) is 116 cm³/mol. The summed E-state index contributed by atoms with van der Waals surface area (Å²) in [5, 5.41) is 3.57. The number of piperazine rings is 1. The van der Waals surface area contributed by atoms with Crippen molar-refractivity contribution in [3.63, 3.8) is 0 Å². The van der Waals surface area contributed by atoms with E-state index in [1.165, 1.54) is 38.9 Å². The number of hydrogen-bond acceptors (Lipinski definition) is 5. The number of carbonyl (C=O) groups excluding carboxylic acids is 1. The molecule has 1 amide bonds. The molecule has 0 atom stereocenters. The fraction of sp³-hybridized carbons (Fsp3) is 0.905. The Morgan fingerprint density at radius 1 is 0.966 bits per heavy atom. The highest BCUT2D eigenvalue weighted by Crippen LogP contribution is 2.19. The summed E-state index contributed by atoms with van der Waals surface area (Å²) < 4.78 is 5.34. The highest BCUT2D eigenvalue weighted by atomic mass is 16.5. The average Bonchev–Trinajstić information content (AvgIpc) is 2.78. The summed E-state index contributed by atoms with van der Waals surface area (Å²) in [4.78, 5) is 26.0. The Morgan fingerprint density at radius 3 is 2.28 bits per heavy atom. The van der Waals surface area contributed by atoms with Gasteiger partial charge in [-0.1, -0.05) is 6.92 Å². The highest BCUT2D eigenvalue weighted by molar-refractivity contribution is 5.80. The van der Waals surface area contributed by atoms with Crippen molar-refractivity contribution in [2.75, 3.05) is 92.3 Å². The molecule has 0 aromatic rings. The lowest BCUT2D eigenvalue weighted by atomic mass is 9.93. The van der Waals surface area contributed by atoms with E-state index in [0.717, 1.165) is 57.7 Å². The molecule has 0 aliphatic carbocycles. The first-order valence-electron chi connectivity index (χ1n) is 11.5. The molecule has 3 aliphatic heterocycles. The zero-order valence-electron chi connectivity index (χ0n) is 18.4. The van der Waals surface area contributed by atoms with E-state index in [9.17, 15) is 4.79 Å². The fourth-order valence-electron chi connectivity index (χ4n) is 4.53. The third-order valence-corrected chi connectivity index (χ3v) is 6.60. The predicted octanol–water partition coefficient (Wildman–Crippen LogP) is 0.160. The van der Waals surface area contributed by atoms with Crippen LogP contribution in [0, 0.1) is 5.92 Å². The van der Waals surface area contributed by atoms with Crippen LogP contribution < -0.4 is 5.32 Å². The van der Waals surface area contributed by atoms with Gasteiger partial charge in [0.2, 0.25) is 5.91 Å². The van der Waals surface area contributed by atoms with Crippen molar-refractivity contribution in [2.45, 2.75) is 26.2 Å². The zero-order valence-corrected chi connectivity index (χ0v) is 18.4. The summed E-state index contributed by atoms with van der Waals surface area (Å²) in [5.41, 5.74) is 0. The molecule has 0 spiro atoms. The molecule has 3 rings (SSSR count). The maximum Gasteiger partial charge on any atom is 0.236 e. The number of nitrogens with one attached hydrogen (secondary N) is 1. The van der Waals surface area contributed by atoms with Crippen molar-refractivity contribution in [2.24, 2.45) is 10.9 Å². The second-order valence-electron chi connectivity index (χ2n) is 8.40. The van der Waals surface area contributed by atoms with Gasteiger partial charge in [0, 0.05) is 52.9 Å². The van der Waals surface area contributed by atoms with E-state index in [1.54, 1.807) is 0 Å². The van der Waals surface area contributed by atoms with E-state index in [0.29, 0.717) is 19.8 Å². The lowest BCUT2D eigenvalue weighted by Gasteiger charge is -2.37. The second kappa shape index (κ2) is 11.7. The number of nitrogens with zero attached hydrogens (tertiary/aromatic N) is 5. The number of guanidine groups is 1. The summed E-state index contributed by atoms with van der Waals surface area (Å²) in [6, 6.07) is 0. The van der Waals surface area contributed by atoms with Gasteiger partial charge in [0.1, 0.15) is 0 Å². The average molecular weight is 409 g/mol. The van der Waals surface area contributed by atoms with Gasteiger partial charge in [-0.15, -0.1) is 0 Å². The van der Waals surface area contributed by atoms with Crippen LogP contribution in [-0.4, -0.2) is 124 Å².